The number of ether oxygens (including phenoxy) is 1. The lowest BCUT2D eigenvalue weighted by Gasteiger charge is -2.11. The average Bonchev–Trinajstić information content (AvgIpc) is 3.15. The van der Waals surface area contributed by atoms with Gasteiger partial charge in [-0.1, -0.05) is 18.2 Å². The molecule has 1 aromatic carbocycles. The Morgan fingerprint density at radius 2 is 2.00 bits per heavy atom. The molecule has 0 aliphatic carbocycles. The molecule has 1 aromatic heterocycles. The highest BCUT2D eigenvalue weighted by molar-refractivity contribution is 7.90. The summed E-state index contributed by atoms with van der Waals surface area (Å²) in [5.74, 6) is 0.0425. The van der Waals surface area contributed by atoms with Gasteiger partial charge in [-0.3, -0.25) is 0 Å². The van der Waals surface area contributed by atoms with E-state index in [1.807, 2.05) is 30.3 Å². The van der Waals surface area contributed by atoms with Crippen molar-refractivity contribution in [1.82, 2.24) is 9.88 Å². The lowest BCUT2D eigenvalue weighted by atomic mass is 10.2. The van der Waals surface area contributed by atoms with Gasteiger partial charge in [-0.05, 0) is 12.1 Å². The smallest absolute Gasteiger partial charge is 0.409 e. The SMILES string of the molecule is O=C1OCCN1CCS(=O)(=O)Cc1coc(-c2ccccc2)n1. The fourth-order valence-electron chi connectivity index (χ4n) is 2.26. The first-order chi connectivity index (χ1) is 11.0. The Morgan fingerprint density at radius 3 is 2.70 bits per heavy atom. The molecule has 1 aliphatic rings. The van der Waals surface area contributed by atoms with Crippen molar-refractivity contribution in [2.75, 3.05) is 25.4 Å². The number of amides is 1. The van der Waals surface area contributed by atoms with Gasteiger partial charge in [0.1, 0.15) is 12.9 Å². The normalized spacial score (nSPS) is 15.0. The minimum Gasteiger partial charge on any atom is -0.448 e. The summed E-state index contributed by atoms with van der Waals surface area (Å²) in [4.78, 5) is 16.9. The Labute approximate surface area is 133 Å². The Bertz CT molecular complexity index is 785. The summed E-state index contributed by atoms with van der Waals surface area (Å²) in [5.41, 5.74) is 1.14. The van der Waals surface area contributed by atoms with Gasteiger partial charge in [-0.15, -0.1) is 0 Å². The van der Waals surface area contributed by atoms with Crippen LogP contribution in [0.4, 0.5) is 4.79 Å². The van der Waals surface area contributed by atoms with Crippen LogP contribution < -0.4 is 0 Å². The largest absolute Gasteiger partial charge is 0.448 e. The first kappa shape index (κ1) is 15.5. The first-order valence-corrected chi connectivity index (χ1v) is 8.97. The molecule has 1 fully saturated rings. The lowest BCUT2D eigenvalue weighted by molar-refractivity contribution is 0.160. The number of oxazole rings is 1. The Balaban J connectivity index is 1.62. The second-order valence-corrected chi connectivity index (χ2v) is 7.39. The summed E-state index contributed by atoms with van der Waals surface area (Å²) in [6.07, 6.45) is 0.886. The van der Waals surface area contributed by atoms with Gasteiger partial charge in [0, 0.05) is 12.1 Å². The molecular weight excluding hydrogens is 320 g/mol. The van der Waals surface area contributed by atoms with Crippen LogP contribution in [0.1, 0.15) is 5.69 Å². The van der Waals surface area contributed by atoms with Crippen LogP contribution in [-0.4, -0.2) is 49.8 Å². The second kappa shape index (κ2) is 6.41. The number of nitrogens with zero attached hydrogens (tertiary/aromatic N) is 2. The minimum atomic E-state index is -3.39. The topological polar surface area (TPSA) is 89.7 Å². The Kier molecular flexibility index (Phi) is 4.33. The summed E-state index contributed by atoms with van der Waals surface area (Å²) in [6, 6.07) is 9.25. The van der Waals surface area contributed by atoms with Crippen LogP contribution in [0.15, 0.2) is 41.0 Å². The fraction of sp³-hybridized carbons (Fsp3) is 0.333. The third kappa shape index (κ3) is 3.89. The molecule has 0 atom stereocenters. The predicted molar refractivity (Wildman–Crippen MR) is 82.4 cm³/mol. The predicted octanol–water partition coefficient (Wildman–Crippen LogP) is 1.71. The highest BCUT2D eigenvalue weighted by Gasteiger charge is 2.24. The van der Waals surface area contributed by atoms with Crippen molar-refractivity contribution in [3.63, 3.8) is 0 Å². The molecule has 1 amide bonds. The lowest BCUT2D eigenvalue weighted by Crippen LogP contribution is -2.30. The van der Waals surface area contributed by atoms with E-state index >= 15 is 0 Å². The van der Waals surface area contributed by atoms with Crippen LogP contribution in [0.25, 0.3) is 11.5 Å². The maximum Gasteiger partial charge on any atom is 0.409 e. The van der Waals surface area contributed by atoms with E-state index in [0.717, 1.165) is 5.56 Å². The molecule has 7 nitrogen and oxygen atoms in total. The van der Waals surface area contributed by atoms with E-state index in [4.69, 9.17) is 9.15 Å². The molecular formula is C15H16N2O5S. The first-order valence-electron chi connectivity index (χ1n) is 7.15. The molecule has 1 aliphatic heterocycles. The minimum absolute atomic E-state index is 0.129. The summed E-state index contributed by atoms with van der Waals surface area (Å²) < 4.78 is 34.4. The molecule has 23 heavy (non-hydrogen) atoms. The molecule has 2 aromatic rings. The molecule has 0 N–H and O–H groups in total. The van der Waals surface area contributed by atoms with E-state index in [1.54, 1.807) is 0 Å². The van der Waals surface area contributed by atoms with Crippen LogP contribution in [0.3, 0.4) is 0 Å². The number of benzene rings is 1. The van der Waals surface area contributed by atoms with Crippen molar-refractivity contribution >= 4 is 15.9 Å². The van der Waals surface area contributed by atoms with Crippen molar-refractivity contribution < 1.29 is 22.4 Å². The molecule has 2 heterocycles. The van der Waals surface area contributed by atoms with E-state index < -0.39 is 15.9 Å². The number of aromatic nitrogens is 1. The highest BCUT2D eigenvalue weighted by atomic mass is 32.2. The van der Waals surface area contributed by atoms with E-state index in [-0.39, 0.29) is 18.1 Å². The molecule has 0 bridgehead atoms. The molecule has 0 saturated carbocycles. The van der Waals surface area contributed by atoms with Crippen molar-refractivity contribution in [3.05, 3.63) is 42.3 Å². The van der Waals surface area contributed by atoms with E-state index in [2.05, 4.69) is 4.98 Å². The maximum absolute atomic E-state index is 12.1. The molecule has 0 radical (unpaired) electrons. The van der Waals surface area contributed by atoms with Crippen molar-refractivity contribution in [2.45, 2.75) is 5.75 Å². The van der Waals surface area contributed by atoms with Gasteiger partial charge in [0.15, 0.2) is 9.84 Å². The van der Waals surface area contributed by atoms with Gasteiger partial charge in [0.25, 0.3) is 0 Å². The van der Waals surface area contributed by atoms with E-state index in [0.29, 0.717) is 24.7 Å². The third-order valence-electron chi connectivity index (χ3n) is 3.46. The van der Waals surface area contributed by atoms with E-state index in [9.17, 15) is 13.2 Å². The molecule has 122 valence electrons. The number of cyclic esters (lactones) is 1. The summed E-state index contributed by atoms with van der Waals surface area (Å²) >= 11 is 0. The van der Waals surface area contributed by atoms with Crippen LogP contribution in [0.5, 0.6) is 0 Å². The molecule has 3 rings (SSSR count). The monoisotopic (exact) mass is 336 g/mol. The number of rotatable bonds is 6. The summed E-state index contributed by atoms with van der Waals surface area (Å²) in [6.45, 7) is 0.865. The zero-order valence-electron chi connectivity index (χ0n) is 12.3. The third-order valence-corrected chi connectivity index (χ3v) is 5.00. The van der Waals surface area contributed by atoms with Gasteiger partial charge in [-0.2, -0.15) is 0 Å². The van der Waals surface area contributed by atoms with Crippen LogP contribution in [0.2, 0.25) is 0 Å². The highest BCUT2D eigenvalue weighted by Crippen LogP contribution is 2.19. The quantitative estimate of drug-likeness (QED) is 0.798. The number of hydrogen-bond acceptors (Lipinski definition) is 6. The number of hydrogen-bond donors (Lipinski definition) is 0. The standard InChI is InChI=1S/C15H16N2O5S/c18-15-17(6-8-21-15)7-9-23(19,20)11-13-10-22-14(16-13)12-4-2-1-3-5-12/h1-5,10H,6-9,11H2. The van der Waals surface area contributed by atoms with Crippen LogP contribution in [0, 0.1) is 0 Å². The number of carbonyl (C=O) groups excluding carboxylic acids is 1. The van der Waals surface area contributed by atoms with Gasteiger partial charge in [0.05, 0.1) is 23.7 Å². The van der Waals surface area contributed by atoms with Crippen molar-refractivity contribution in [2.24, 2.45) is 0 Å². The van der Waals surface area contributed by atoms with Crippen LogP contribution in [-0.2, 0) is 20.3 Å². The van der Waals surface area contributed by atoms with Gasteiger partial charge in [0.2, 0.25) is 5.89 Å². The maximum atomic E-state index is 12.1. The van der Waals surface area contributed by atoms with Gasteiger partial charge < -0.3 is 14.1 Å². The molecule has 0 unspecified atom stereocenters. The number of sulfone groups is 1. The molecule has 1 saturated heterocycles. The van der Waals surface area contributed by atoms with Gasteiger partial charge in [-0.25, -0.2) is 18.2 Å². The Hall–Kier alpha value is -2.35. The van der Waals surface area contributed by atoms with Gasteiger partial charge >= 0.3 is 6.09 Å². The summed E-state index contributed by atoms with van der Waals surface area (Å²) in [7, 11) is -3.39. The fourth-order valence-corrected chi connectivity index (χ4v) is 3.49. The Morgan fingerprint density at radius 1 is 1.22 bits per heavy atom. The summed E-state index contributed by atoms with van der Waals surface area (Å²) in [5, 5.41) is 0. The van der Waals surface area contributed by atoms with Crippen molar-refractivity contribution in [1.29, 1.82) is 0 Å². The average molecular weight is 336 g/mol. The van der Waals surface area contributed by atoms with Crippen LogP contribution >= 0.6 is 0 Å². The second-order valence-electron chi connectivity index (χ2n) is 5.20. The molecule has 0 spiro atoms. The van der Waals surface area contributed by atoms with Crippen molar-refractivity contribution in [3.8, 4) is 11.5 Å². The number of carbonyl (C=O) groups is 1. The van der Waals surface area contributed by atoms with E-state index in [1.165, 1.54) is 11.2 Å². The zero-order valence-corrected chi connectivity index (χ0v) is 13.2. The molecule has 8 heteroatoms. The zero-order chi connectivity index (χ0) is 16.3.